The summed E-state index contributed by atoms with van der Waals surface area (Å²) in [5.41, 5.74) is 1.71. The molecule has 0 N–H and O–H groups in total. The molecule has 5 nitrogen and oxygen atoms in total. The Morgan fingerprint density at radius 3 is 2.54 bits per heavy atom. The minimum atomic E-state index is -0.490. The molecule has 0 amide bonds. The van der Waals surface area contributed by atoms with Gasteiger partial charge in [-0.15, -0.1) is 0 Å². The van der Waals surface area contributed by atoms with Crippen LogP contribution in [0.3, 0.4) is 0 Å². The highest BCUT2D eigenvalue weighted by molar-refractivity contribution is 9.10. The van der Waals surface area contributed by atoms with Crippen LogP contribution in [-0.4, -0.2) is 26.1 Å². The highest BCUT2D eigenvalue weighted by Gasteiger charge is 2.25. The number of rotatable bonds is 4. The lowest BCUT2D eigenvalue weighted by molar-refractivity contribution is -0.129. The highest BCUT2D eigenvalue weighted by atomic mass is 79.9. The number of ether oxygens (including phenoxy) is 3. The standard InChI is InChI=1S/C18H14BrNO4/c1-22-15-8-7-11(10-16(15)23-2)9-14-18(21)24-17(20-14)12-5-3-4-6-13(12)19/h3-10H,1-2H3/b14-9+. The van der Waals surface area contributed by atoms with Gasteiger partial charge in [-0.3, -0.25) is 0 Å². The van der Waals surface area contributed by atoms with Crippen molar-refractivity contribution in [1.29, 1.82) is 0 Å². The molecule has 24 heavy (non-hydrogen) atoms. The van der Waals surface area contributed by atoms with Gasteiger partial charge in [0.05, 0.1) is 19.8 Å². The molecule has 0 unspecified atom stereocenters. The zero-order valence-electron chi connectivity index (χ0n) is 13.1. The summed E-state index contributed by atoms with van der Waals surface area (Å²) in [4.78, 5) is 16.4. The predicted molar refractivity (Wildman–Crippen MR) is 94.3 cm³/mol. The van der Waals surface area contributed by atoms with Crippen LogP contribution in [0.2, 0.25) is 0 Å². The number of benzene rings is 2. The second-order valence-corrected chi connectivity index (χ2v) is 5.78. The van der Waals surface area contributed by atoms with Gasteiger partial charge >= 0.3 is 5.97 Å². The third-order valence-corrected chi connectivity index (χ3v) is 4.13. The first-order valence-corrected chi connectivity index (χ1v) is 7.91. The number of carbonyl (C=O) groups excluding carboxylic acids is 1. The fourth-order valence-corrected chi connectivity index (χ4v) is 2.71. The lowest BCUT2D eigenvalue weighted by Crippen LogP contribution is -2.05. The van der Waals surface area contributed by atoms with Crippen LogP contribution in [0.15, 0.2) is 57.6 Å². The maximum Gasteiger partial charge on any atom is 0.363 e. The lowest BCUT2D eigenvalue weighted by atomic mass is 10.1. The fraction of sp³-hybridized carbons (Fsp3) is 0.111. The zero-order valence-corrected chi connectivity index (χ0v) is 14.7. The molecule has 0 fully saturated rings. The molecule has 0 bridgehead atoms. The van der Waals surface area contributed by atoms with E-state index in [1.807, 2.05) is 30.3 Å². The van der Waals surface area contributed by atoms with Crippen molar-refractivity contribution in [2.24, 2.45) is 4.99 Å². The number of nitrogens with zero attached hydrogens (tertiary/aromatic N) is 1. The van der Waals surface area contributed by atoms with Crippen LogP contribution in [0.5, 0.6) is 11.5 Å². The largest absolute Gasteiger partial charge is 0.493 e. The van der Waals surface area contributed by atoms with Gasteiger partial charge in [-0.25, -0.2) is 9.79 Å². The van der Waals surface area contributed by atoms with E-state index in [-0.39, 0.29) is 11.6 Å². The van der Waals surface area contributed by atoms with E-state index in [4.69, 9.17) is 14.2 Å². The Kier molecular flexibility index (Phi) is 4.66. The van der Waals surface area contributed by atoms with E-state index >= 15 is 0 Å². The zero-order chi connectivity index (χ0) is 17.1. The van der Waals surface area contributed by atoms with E-state index in [9.17, 15) is 4.79 Å². The first-order valence-electron chi connectivity index (χ1n) is 7.12. The van der Waals surface area contributed by atoms with Gasteiger partial charge in [-0.1, -0.05) is 18.2 Å². The van der Waals surface area contributed by atoms with Gasteiger partial charge in [-0.05, 0) is 51.8 Å². The van der Waals surface area contributed by atoms with E-state index in [1.165, 1.54) is 0 Å². The molecule has 1 heterocycles. The minimum absolute atomic E-state index is 0.230. The highest BCUT2D eigenvalue weighted by Crippen LogP contribution is 2.29. The molecule has 0 saturated carbocycles. The summed E-state index contributed by atoms with van der Waals surface area (Å²) in [6.07, 6.45) is 1.65. The van der Waals surface area contributed by atoms with Gasteiger partial charge in [0.25, 0.3) is 0 Å². The summed E-state index contributed by atoms with van der Waals surface area (Å²) in [5, 5.41) is 0. The molecular formula is C18H14BrNO4. The van der Waals surface area contributed by atoms with Crippen molar-refractivity contribution in [2.45, 2.75) is 0 Å². The number of methoxy groups -OCH3 is 2. The van der Waals surface area contributed by atoms with E-state index in [2.05, 4.69) is 20.9 Å². The van der Waals surface area contributed by atoms with Gasteiger partial charge in [0.15, 0.2) is 17.2 Å². The van der Waals surface area contributed by atoms with Gasteiger partial charge in [0, 0.05) is 4.47 Å². The molecule has 0 aliphatic carbocycles. The monoisotopic (exact) mass is 387 g/mol. The van der Waals surface area contributed by atoms with Crippen molar-refractivity contribution >= 4 is 33.9 Å². The Bertz CT molecular complexity index is 858. The average Bonchev–Trinajstić information content (AvgIpc) is 2.95. The lowest BCUT2D eigenvalue weighted by Gasteiger charge is -2.07. The summed E-state index contributed by atoms with van der Waals surface area (Å²) in [6, 6.07) is 12.8. The minimum Gasteiger partial charge on any atom is -0.493 e. The molecule has 2 aromatic carbocycles. The molecule has 6 heteroatoms. The Hall–Kier alpha value is -2.60. The van der Waals surface area contributed by atoms with Crippen LogP contribution in [0, 0.1) is 0 Å². The molecule has 0 saturated heterocycles. The Morgan fingerprint density at radius 2 is 1.83 bits per heavy atom. The van der Waals surface area contributed by atoms with Gasteiger partial charge in [0.1, 0.15) is 0 Å². The number of cyclic esters (lactones) is 1. The topological polar surface area (TPSA) is 57.1 Å². The smallest absolute Gasteiger partial charge is 0.363 e. The van der Waals surface area contributed by atoms with Gasteiger partial charge in [-0.2, -0.15) is 0 Å². The van der Waals surface area contributed by atoms with Crippen LogP contribution in [-0.2, 0) is 9.53 Å². The summed E-state index contributed by atoms with van der Waals surface area (Å²) in [6.45, 7) is 0. The van der Waals surface area contributed by atoms with Crippen LogP contribution >= 0.6 is 15.9 Å². The van der Waals surface area contributed by atoms with Crippen molar-refractivity contribution in [1.82, 2.24) is 0 Å². The molecule has 0 radical (unpaired) electrons. The van der Waals surface area contributed by atoms with Crippen LogP contribution in [0.4, 0.5) is 0 Å². The van der Waals surface area contributed by atoms with Crippen LogP contribution < -0.4 is 9.47 Å². The maximum absolute atomic E-state index is 12.1. The average molecular weight is 388 g/mol. The van der Waals surface area contributed by atoms with Crippen LogP contribution in [0.25, 0.3) is 6.08 Å². The van der Waals surface area contributed by atoms with Crippen molar-refractivity contribution in [3.05, 3.63) is 63.8 Å². The summed E-state index contributed by atoms with van der Waals surface area (Å²) in [5.74, 6) is 0.981. The number of hydrogen-bond acceptors (Lipinski definition) is 5. The van der Waals surface area contributed by atoms with E-state index in [1.54, 1.807) is 32.4 Å². The van der Waals surface area contributed by atoms with Crippen molar-refractivity contribution in [3.8, 4) is 11.5 Å². The van der Waals surface area contributed by atoms with Crippen molar-refractivity contribution < 1.29 is 19.0 Å². The van der Waals surface area contributed by atoms with E-state index in [0.29, 0.717) is 11.5 Å². The predicted octanol–water partition coefficient (Wildman–Crippen LogP) is 3.81. The van der Waals surface area contributed by atoms with E-state index in [0.717, 1.165) is 15.6 Å². The first-order chi connectivity index (χ1) is 11.6. The third-order valence-electron chi connectivity index (χ3n) is 3.44. The quantitative estimate of drug-likeness (QED) is 0.591. The van der Waals surface area contributed by atoms with Crippen LogP contribution in [0.1, 0.15) is 11.1 Å². The fourth-order valence-electron chi connectivity index (χ4n) is 2.26. The van der Waals surface area contributed by atoms with Crippen molar-refractivity contribution in [3.63, 3.8) is 0 Å². The molecular weight excluding hydrogens is 374 g/mol. The number of carbonyl (C=O) groups is 1. The Labute approximate surface area is 147 Å². The molecule has 0 atom stereocenters. The Morgan fingerprint density at radius 1 is 1.08 bits per heavy atom. The maximum atomic E-state index is 12.1. The normalized spacial score (nSPS) is 15.2. The molecule has 122 valence electrons. The number of esters is 1. The molecule has 1 aliphatic heterocycles. The summed E-state index contributed by atoms with van der Waals surface area (Å²) < 4.78 is 16.5. The summed E-state index contributed by atoms with van der Waals surface area (Å²) >= 11 is 3.43. The number of hydrogen-bond donors (Lipinski definition) is 0. The second kappa shape index (κ2) is 6.88. The van der Waals surface area contributed by atoms with Crippen molar-refractivity contribution in [2.75, 3.05) is 14.2 Å². The number of aliphatic imine (C=N–C) groups is 1. The molecule has 0 aromatic heterocycles. The SMILES string of the molecule is COc1ccc(/C=C2/N=C(c3ccccc3Br)OC2=O)cc1OC. The summed E-state index contributed by atoms with van der Waals surface area (Å²) in [7, 11) is 3.13. The number of halogens is 1. The van der Waals surface area contributed by atoms with Gasteiger partial charge < -0.3 is 14.2 Å². The molecule has 1 aliphatic rings. The molecule has 3 rings (SSSR count). The Balaban J connectivity index is 1.96. The molecule has 0 spiro atoms. The third kappa shape index (κ3) is 3.19. The second-order valence-electron chi connectivity index (χ2n) is 4.93. The first kappa shape index (κ1) is 16.3. The van der Waals surface area contributed by atoms with E-state index < -0.39 is 5.97 Å². The van der Waals surface area contributed by atoms with Gasteiger partial charge in [0.2, 0.25) is 5.90 Å². The molecule has 2 aromatic rings.